The molecule has 7 nitrogen and oxygen atoms in total. The molecule has 1 N–H and O–H groups in total. The van der Waals surface area contributed by atoms with Crippen molar-refractivity contribution in [3.05, 3.63) is 54.1 Å². The fourth-order valence-corrected chi connectivity index (χ4v) is 2.73. The van der Waals surface area contributed by atoms with E-state index >= 15 is 0 Å². The van der Waals surface area contributed by atoms with Crippen LogP contribution in [0.4, 0.5) is 5.69 Å². The van der Waals surface area contributed by atoms with Gasteiger partial charge in [-0.25, -0.2) is 9.59 Å². The van der Waals surface area contributed by atoms with Gasteiger partial charge in [-0.2, -0.15) is 0 Å². The summed E-state index contributed by atoms with van der Waals surface area (Å²) in [5, 5.41) is 2.63. The number of benzene rings is 1. The molecule has 7 heteroatoms. The third-order valence-electron chi connectivity index (χ3n) is 4.16. The molecule has 2 rings (SSSR count). The van der Waals surface area contributed by atoms with E-state index in [2.05, 4.69) is 10.1 Å². The molecule has 0 saturated heterocycles. The molecule has 1 aliphatic carbocycles. The summed E-state index contributed by atoms with van der Waals surface area (Å²) in [7, 11) is 1.23. The summed E-state index contributed by atoms with van der Waals surface area (Å²) >= 11 is 0. The fourth-order valence-electron chi connectivity index (χ4n) is 2.73. The third-order valence-corrected chi connectivity index (χ3v) is 4.16. The van der Waals surface area contributed by atoms with Crippen LogP contribution in [0.15, 0.2) is 48.6 Å². The van der Waals surface area contributed by atoms with Gasteiger partial charge < -0.3 is 14.8 Å². The number of nitrogens with one attached hydrogen (secondary N) is 1. The average molecular weight is 385 g/mol. The monoisotopic (exact) mass is 385 g/mol. The summed E-state index contributed by atoms with van der Waals surface area (Å²) in [4.78, 5) is 46.3. The standard InChI is InChI=1S/C21H23NO6/c1-27-20(25)12-10-17(23)14-15-6-8-16(9-7-15)22-19(24)11-13-21(26)28-18-4-2-3-5-18/h6-13,18H,2-5,14H2,1H3,(H,22,24)/b12-10-,13-11-. The second-order valence-electron chi connectivity index (χ2n) is 6.36. The van der Waals surface area contributed by atoms with Crippen molar-refractivity contribution < 1.29 is 28.7 Å². The van der Waals surface area contributed by atoms with Crippen molar-refractivity contribution in [2.24, 2.45) is 0 Å². The van der Waals surface area contributed by atoms with Gasteiger partial charge in [0.05, 0.1) is 7.11 Å². The van der Waals surface area contributed by atoms with E-state index in [4.69, 9.17) is 4.74 Å². The van der Waals surface area contributed by atoms with Crippen molar-refractivity contribution in [2.45, 2.75) is 38.2 Å². The van der Waals surface area contributed by atoms with E-state index in [1.54, 1.807) is 24.3 Å². The molecule has 28 heavy (non-hydrogen) atoms. The molecular weight excluding hydrogens is 362 g/mol. The lowest BCUT2D eigenvalue weighted by molar-refractivity contribution is -0.142. The Hall–Kier alpha value is -3.22. The van der Waals surface area contributed by atoms with Crippen LogP contribution in [0.5, 0.6) is 0 Å². The highest BCUT2D eigenvalue weighted by atomic mass is 16.5. The minimum absolute atomic E-state index is 0.0436. The lowest BCUT2D eigenvalue weighted by atomic mass is 10.1. The van der Waals surface area contributed by atoms with Gasteiger partial charge in [0.15, 0.2) is 5.78 Å². The molecule has 0 bridgehead atoms. The minimum atomic E-state index is -0.591. The molecule has 1 fully saturated rings. The first kappa shape index (κ1) is 21.1. The van der Waals surface area contributed by atoms with E-state index < -0.39 is 17.8 Å². The number of amides is 1. The van der Waals surface area contributed by atoms with E-state index in [1.165, 1.54) is 7.11 Å². The zero-order chi connectivity index (χ0) is 20.4. The van der Waals surface area contributed by atoms with Crippen molar-refractivity contribution in [2.75, 3.05) is 12.4 Å². The van der Waals surface area contributed by atoms with Gasteiger partial charge in [0.25, 0.3) is 0 Å². The summed E-state index contributed by atoms with van der Waals surface area (Å²) in [5.41, 5.74) is 1.26. The molecule has 0 unspecified atom stereocenters. The first-order chi connectivity index (χ1) is 13.5. The van der Waals surface area contributed by atoms with Crippen molar-refractivity contribution in [1.29, 1.82) is 0 Å². The Bertz CT molecular complexity index is 773. The Morgan fingerprint density at radius 2 is 1.61 bits per heavy atom. The van der Waals surface area contributed by atoms with Gasteiger partial charge >= 0.3 is 11.9 Å². The van der Waals surface area contributed by atoms with E-state index in [1.807, 2.05) is 0 Å². The predicted octanol–water partition coefficient (Wildman–Crippen LogP) is 2.51. The predicted molar refractivity (Wildman–Crippen MR) is 102 cm³/mol. The SMILES string of the molecule is COC(=O)/C=C\C(=O)Cc1ccc(NC(=O)/C=C\C(=O)OC2CCCC2)cc1. The Kier molecular flexibility index (Phi) is 8.14. The van der Waals surface area contributed by atoms with Crippen molar-refractivity contribution in [3.63, 3.8) is 0 Å². The van der Waals surface area contributed by atoms with E-state index in [9.17, 15) is 19.2 Å². The number of ether oxygens (including phenoxy) is 2. The quantitative estimate of drug-likeness (QED) is 0.545. The van der Waals surface area contributed by atoms with Crippen LogP contribution in [0, 0.1) is 0 Å². The number of rotatable bonds is 8. The van der Waals surface area contributed by atoms with Gasteiger partial charge in [-0.3, -0.25) is 9.59 Å². The number of anilines is 1. The van der Waals surface area contributed by atoms with Crippen LogP contribution in [-0.2, 0) is 35.1 Å². The molecule has 1 aromatic rings. The topological polar surface area (TPSA) is 98.8 Å². The molecule has 1 aliphatic rings. The maximum absolute atomic E-state index is 11.9. The zero-order valence-corrected chi connectivity index (χ0v) is 15.7. The molecule has 0 aliphatic heterocycles. The molecule has 0 atom stereocenters. The average Bonchev–Trinajstić information content (AvgIpc) is 3.19. The first-order valence-corrected chi connectivity index (χ1v) is 9.04. The van der Waals surface area contributed by atoms with Gasteiger partial charge in [-0.05, 0) is 49.5 Å². The highest BCUT2D eigenvalue weighted by Gasteiger charge is 2.17. The van der Waals surface area contributed by atoms with Crippen molar-refractivity contribution in [3.8, 4) is 0 Å². The van der Waals surface area contributed by atoms with Crippen LogP contribution >= 0.6 is 0 Å². The Balaban J connectivity index is 1.79. The number of carbonyl (C=O) groups is 4. The minimum Gasteiger partial charge on any atom is -0.466 e. The summed E-state index contributed by atoms with van der Waals surface area (Å²) in [6.07, 6.45) is 8.43. The first-order valence-electron chi connectivity index (χ1n) is 9.04. The number of ketones is 1. The molecule has 1 amide bonds. The van der Waals surface area contributed by atoms with Crippen LogP contribution in [-0.4, -0.2) is 36.8 Å². The molecule has 0 spiro atoms. The summed E-state index contributed by atoms with van der Waals surface area (Å²) in [5.74, 6) is -1.80. The fraction of sp³-hybridized carbons (Fsp3) is 0.333. The molecular formula is C21H23NO6. The van der Waals surface area contributed by atoms with E-state index in [0.717, 1.165) is 55.6 Å². The number of methoxy groups -OCH3 is 1. The Labute approximate surface area is 163 Å². The molecule has 1 aromatic carbocycles. The zero-order valence-electron chi connectivity index (χ0n) is 15.7. The maximum Gasteiger partial charge on any atom is 0.331 e. The second-order valence-corrected chi connectivity index (χ2v) is 6.36. The molecule has 0 heterocycles. The molecule has 0 aromatic heterocycles. The summed E-state index contributed by atoms with van der Waals surface area (Å²) in [6, 6.07) is 6.68. The summed E-state index contributed by atoms with van der Waals surface area (Å²) in [6.45, 7) is 0. The van der Waals surface area contributed by atoms with Crippen LogP contribution in [0.25, 0.3) is 0 Å². The van der Waals surface area contributed by atoms with E-state index in [-0.39, 0.29) is 18.3 Å². The number of carbonyl (C=O) groups excluding carboxylic acids is 4. The van der Waals surface area contributed by atoms with Gasteiger partial charge in [0.1, 0.15) is 6.10 Å². The molecule has 1 saturated carbocycles. The van der Waals surface area contributed by atoms with Crippen LogP contribution in [0.3, 0.4) is 0 Å². The molecule has 0 radical (unpaired) electrons. The number of hydrogen-bond acceptors (Lipinski definition) is 6. The van der Waals surface area contributed by atoms with Crippen LogP contribution in [0.1, 0.15) is 31.2 Å². The largest absolute Gasteiger partial charge is 0.466 e. The highest BCUT2D eigenvalue weighted by molar-refractivity contribution is 6.02. The number of allylic oxidation sites excluding steroid dienone is 1. The van der Waals surface area contributed by atoms with Crippen molar-refractivity contribution >= 4 is 29.3 Å². The highest BCUT2D eigenvalue weighted by Crippen LogP contribution is 2.21. The van der Waals surface area contributed by atoms with Crippen LogP contribution in [0.2, 0.25) is 0 Å². The van der Waals surface area contributed by atoms with Gasteiger partial charge in [0.2, 0.25) is 5.91 Å². The van der Waals surface area contributed by atoms with Gasteiger partial charge in [0, 0.05) is 30.3 Å². The normalized spacial score (nSPS) is 14.3. The number of hydrogen-bond donors (Lipinski definition) is 1. The van der Waals surface area contributed by atoms with Crippen LogP contribution < -0.4 is 5.32 Å². The third kappa shape index (κ3) is 7.57. The lowest BCUT2D eigenvalue weighted by Gasteiger charge is -2.08. The van der Waals surface area contributed by atoms with Crippen molar-refractivity contribution in [1.82, 2.24) is 0 Å². The van der Waals surface area contributed by atoms with Gasteiger partial charge in [-0.1, -0.05) is 12.1 Å². The Morgan fingerprint density at radius 1 is 0.964 bits per heavy atom. The maximum atomic E-state index is 11.9. The van der Waals surface area contributed by atoms with Gasteiger partial charge in [-0.15, -0.1) is 0 Å². The number of esters is 2. The van der Waals surface area contributed by atoms with E-state index in [0.29, 0.717) is 5.69 Å². The summed E-state index contributed by atoms with van der Waals surface area (Å²) < 4.78 is 9.65. The molecule has 148 valence electrons. The smallest absolute Gasteiger partial charge is 0.331 e. The second kappa shape index (κ2) is 10.8. The lowest BCUT2D eigenvalue weighted by Crippen LogP contribution is -2.14. The Morgan fingerprint density at radius 3 is 2.25 bits per heavy atom.